The number of fused-ring (bicyclic) bond motifs is 1. The van der Waals surface area contributed by atoms with Gasteiger partial charge in [-0.05, 0) is 24.6 Å². The number of rotatable bonds is 3. The van der Waals surface area contributed by atoms with Gasteiger partial charge in [0.05, 0.1) is 6.04 Å². The van der Waals surface area contributed by atoms with E-state index in [9.17, 15) is 9.90 Å². The minimum absolute atomic E-state index is 0.0153. The van der Waals surface area contributed by atoms with Gasteiger partial charge in [0.15, 0.2) is 11.4 Å². The van der Waals surface area contributed by atoms with E-state index >= 15 is 0 Å². The summed E-state index contributed by atoms with van der Waals surface area (Å²) in [5.41, 5.74) is 1.41. The maximum absolute atomic E-state index is 12.7. The van der Waals surface area contributed by atoms with Gasteiger partial charge in [0.25, 0.3) is 5.91 Å². The number of hydrogen-bond donors (Lipinski definition) is 1. The highest BCUT2D eigenvalue weighted by molar-refractivity contribution is 6.00. The lowest BCUT2D eigenvalue weighted by Crippen LogP contribution is -2.30. The highest BCUT2D eigenvalue weighted by Crippen LogP contribution is 2.27. The summed E-state index contributed by atoms with van der Waals surface area (Å²) in [5, 5.41) is 11.0. The van der Waals surface area contributed by atoms with E-state index in [2.05, 4.69) is 9.97 Å². The van der Waals surface area contributed by atoms with Crippen LogP contribution in [0.3, 0.4) is 0 Å². The normalized spacial score (nSPS) is 12.1. The molecule has 0 saturated carbocycles. The van der Waals surface area contributed by atoms with Crippen LogP contribution < -0.4 is 0 Å². The van der Waals surface area contributed by atoms with Gasteiger partial charge in [-0.3, -0.25) is 9.78 Å². The third-order valence-corrected chi connectivity index (χ3v) is 4.01. The molecule has 1 amide bonds. The van der Waals surface area contributed by atoms with Crippen molar-refractivity contribution in [3.63, 3.8) is 0 Å². The average Bonchev–Trinajstić information content (AvgIpc) is 2.61. The molecule has 0 aliphatic heterocycles. The maximum Gasteiger partial charge on any atom is 0.276 e. The van der Waals surface area contributed by atoms with Crippen LogP contribution in [0.4, 0.5) is 0 Å². The van der Waals surface area contributed by atoms with Crippen molar-refractivity contribution in [1.82, 2.24) is 14.9 Å². The molecule has 0 fully saturated rings. The Kier molecular flexibility index (Phi) is 3.93. The van der Waals surface area contributed by atoms with Crippen molar-refractivity contribution in [2.75, 3.05) is 7.05 Å². The largest absolute Gasteiger partial charge is 0.504 e. The molecule has 1 unspecified atom stereocenters. The fourth-order valence-electron chi connectivity index (χ4n) is 2.48. The van der Waals surface area contributed by atoms with Crippen LogP contribution in [0.25, 0.3) is 10.9 Å². The smallest absolute Gasteiger partial charge is 0.276 e. The van der Waals surface area contributed by atoms with E-state index in [4.69, 9.17) is 0 Å². The molecule has 5 heteroatoms. The van der Waals surface area contributed by atoms with E-state index in [1.165, 1.54) is 0 Å². The summed E-state index contributed by atoms with van der Waals surface area (Å²) in [7, 11) is 1.70. The van der Waals surface area contributed by atoms with Crippen LogP contribution in [0.2, 0.25) is 0 Å². The molecular formula is C18H17N3O2. The molecule has 1 N–H and O–H groups in total. The van der Waals surface area contributed by atoms with Crippen LogP contribution in [0.5, 0.6) is 5.75 Å². The summed E-state index contributed by atoms with van der Waals surface area (Å²) >= 11 is 0. The van der Waals surface area contributed by atoms with Crippen LogP contribution in [-0.2, 0) is 0 Å². The summed E-state index contributed by atoms with van der Waals surface area (Å²) < 4.78 is 0. The van der Waals surface area contributed by atoms with Crippen molar-refractivity contribution >= 4 is 16.8 Å². The number of carbonyl (C=O) groups is 1. The number of hydrogen-bond acceptors (Lipinski definition) is 4. The first-order chi connectivity index (χ1) is 11.1. The molecule has 3 rings (SSSR count). The molecule has 2 heterocycles. The molecule has 0 spiro atoms. The van der Waals surface area contributed by atoms with E-state index in [0.717, 1.165) is 5.56 Å². The average molecular weight is 307 g/mol. The van der Waals surface area contributed by atoms with Crippen molar-refractivity contribution in [2.24, 2.45) is 0 Å². The van der Waals surface area contributed by atoms with E-state index in [1.54, 1.807) is 36.5 Å². The zero-order valence-corrected chi connectivity index (χ0v) is 13.0. The Bertz CT molecular complexity index is 849. The maximum atomic E-state index is 12.7. The van der Waals surface area contributed by atoms with Crippen LogP contribution in [0.1, 0.15) is 29.0 Å². The number of benzene rings is 1. The Morgan fingerprint density at radius 2 is 1.87 bits per heavy atom. The Morgan fingerprint density at radius 3 is 2.61 bits per heavy atom. The Hall–Kier alpha value is -2.95. The molecule has 0 aliphatic rings. The molecule has 1 aromatic carbocycles. The standard InChI is InChI=1S/C18H17N3O2/c1-12(13-7-4-3-5-8-13)21(2)18(23)16-17(22)15-14(11-20-16)9-6-10-19-15/h3-12,22H,1-2H3. The summed E-state index contributed by atoms with van der Waals surface area (Å²) in [5.74, 6) is -0.522. The summed E-state index contributed by atoms with van der Waals surface area (Å²) in [4.78, 5) is 22.5. The van der Waals surface area contributed by atoms with Gasteiger partial charge in [-0.2, -0.15) is 0 Å². The minimum atomic E-state index is -0.341. The highest BCUT2D eigenvalue weighted by atomic mass is 16.3. The van der Waals surface area contributed by atoms with Crippen molar-refractivity contribution in [1.29, 1.82) is 0 Å². The topological polar surface area (TPSA) is 66.3 Å². The van der Waals surface area contributed by atoms with Crippen molar-refractivity contribution in [2.45, 2.75) is 13.0 Å². The first-order valence-electron chi connectivity index (χ1n) is 7.34. The van der Waals surface area contributed by atoms with Gasteiger partial charge >= 0.3 is 0 Å². The number of aromatic nitrogens is 2. The monoisotopic (exact) mass is 307 g/mol. The Morgan fingerprint density at radius 1 is 1.13 bits per heavy atom. The van der Waals surface area contributed by atoms with Gasteiger partial charge < -0.3 is 10.0 Å². The second kappa shape index (κ2) is 6.04. The number of aromatic hydroxyl groups is 1. The van der Waals surface area contributed by atoms with E-state index in [-0.39, 0.29) is 23.4 Å². The highest BCUT2D eigenvalue weighted by Gasteiger charge is 2.24. The molecule has 0 bridgehead atoms. The second-order valence-corrected chi connectivity index (χ2v) is 5.40. The molecule has 116 valence electrons. The van der Waals surface area contributed by atoms with E-state index in [0.29, 0.717) is 10.9 Å². The number of pyridine rings is 2. The van der Waals surface area contributed by atoms with Gasteiger partial charge in [-0.25, -0.2) is 4.98 Å². The molecule has 0 aliphatic carbocycles. The summed E-state index contributed by atoms with van der Waals surface area (Å²) in [6.07, 6.45) is 3.13. The quantitative estimate of drug-likeness (QED) is 0.807. The van der Waals surface area contributed by atoms with Gasteiger partial charge in [-0.15, -0.1) is 0 Å². The molecule has 3 aromatic rings. The fourth-order valence-corrected chi connectivity index (χ4v) is 2.48. The molecule has 2 aromatic heterocycles. The molecule has 23 heavy (non-hydrogen) atoms. The van der Waals surface area contributed by atoms with Gasteiger partial charge in [0.1, 0.15) is 5.52 Å². The predicted molar refractivity (Wildman–Crippen MR) is 88.2 cm³/mol. The fraction of sp³-hybridized carbons (Fsp3) is 0.167. The van der Waals surface area contributed by atoms with Crippen LogP contribution in [0, 0.1) is 0 Å². The summed E-state index contributed by atoms with van der Waals surface area (Å²) in [6, 6.07) is 13.1. The Labute approximate surface area is 134 Å². The minimum Gasteiger partial charge on any atom is -0.504 e. The number of carbonyl (C=O) groups excluding carboxylic acids is 1. The van der Waals surface area contributed by atoms with Crippen LogP contribution in [-0.4, -0.2) is 32.9 Å². The molecule has 5 nitrogen and oxygen atoms in total. The van der Waals surface area contributed by atoms with Crippen LogP contribution in [0.15, 0.2) is 54.9 Å². The van der Waals surface area contributed by atoms with Gasteiger partial charge in [0, 0.05) is 24.8 Å². The van der Waals surface area contributed by atoms with Crippen molar-refractivity contribution in [3.05, 3.63) is 66.1 Å². The zero-order chi connectivity index (χ0) is 16.4. The first-order valence-corrected chi connectivity index (χ1v) is 7.34. The lowest BCUT2D eigenvalue weighted by Gasteiger charge is -2.25. The zero-order valence-electron chi connectivity index (χ0n) is 13.0. The lowest BCUT2D eigenvalue weighted by molar-refractivity contribution is 0.0733. The third-order valence-electron chi connectivity index (χ3n) is 4.01. The van der Waals surface area contributed by atoms with E-state index in [1.807, 2.05) is 37.3 Å². The Balaban J connectivity index is 1.95. The van der Waals surface area contributed by atoms with E-state index < -0.39 is 0 Å². The third kappa shape index (κ3) is 2.73. The predicted octanol–water partition coefficient (Wildman–Crippen LogP) is 3.17. The van der Waals surface area contributed by atoms with Gasteiger partial charge in [-0.1, -0.05) is 30.3 Å². The molecule has 1 atom stereocenters. The summed E-state index contributed by atoms with van der Waals surface area (Å²) in [6.45, 7) is 1.93. The lowest BCUT2D eigenvalue weighted by atomic mass is 10.1. The second-order valence-electron chi connectivity index (χ2n) is 5.40. The van der Waals surface area contributed by atoms with Crippen molar-refractivity contribution < 1.29 is 9.90 Å². The first kappa shape index (κ1) is 15.0. The van der Waals surface area contributed by atoms with Crippen molar-refractivity contribution in [3.8, 4) is 5.75 Å². The molecular weight excluding hydrogens is 290 g/mol. The number of amides is 1. The molecule has 0 saturated heterocycles. The van der Waals surface area contributed by atoms with Crippen LogP contribution >= 0.6 is 0 Å². The SMILES string of the molecule is CC(c1ccccc1)N(C)C(=O)c1ncc2cccnc2c1O. The number of nitrogens with zero attached hydrogens (tertiary/aromatic N) is 3. The molecule has 0 radical (unpaired) electrons. The van der Waals surface area contributed by atoms with Gasteiger partial charge in [0.2, 0.25) is 0 Å².